The second kappa shape index (κ2) is 7.05. The van der Waals surface area contributed by atoms with E-state index >= 15 is 0 Å². The molecule has 1 aromatic carbocycles. The van der Waals surface area contributed by atoms with Crippen LogP contribution in [0.4, 0.5) is 0 Å². The topological polar surface area (TPSA) is 43.6 Å². The van der Waals surface area contributed by atoms with E-state index in [1.165, 1.54) is 28.2 Å². The number of aromatic nitrogens is 2. The predicted molar refractivity (Wildman–Crippen MR) is 102 cm³/mol. The first kappa shape index (κ1) is 17.8. The van der Waals surface area contributed by atoms with Crippen molar-refractivity contribution in [2.45, 2.75) is 32.9 Å². The van der Waals surface area contributed by atoms with Crippen LogP contribution in [0.5, 0.6) is 0 Å². The Balaban J connectivity index is 2.05. The quantitative estimate of drug-likeness (QED) is 0.501. The molecular formula is C20H23AsN2O2. The number of hydrogen-bond acceptors (Lipinski definition) is 3. The van der Waals surface area contributed by atoms with E-state index in [2.05, 4.69) is 32.0 Å². The first-order valence-corrected chi connectivity index (χ1v) is 10.8. The molecule has 0 saturated carbocycles. The Labute approximate surface area is 154 Å². The normalized spacial score (nSPS) is 11.6. The van der Waals surface area contributed by atoms with E-state index in [1.54, 1.807) is 0 Å². The zero-order valence-corrected chi connectivity index (χ0v) is 17.4. The molecular weight excluding hydrogens is 375 g/mol. The molecule has 130 valence electrons. The summed E-state index contributed by atoms with van der Waals surface area (Å²) in [5, 5.41) is 1.05. The SMILES string of the molecule is COC(=O)c1cc([AsH]Cc2c(C)cccc2C)c2nc(C)c(C)n2c1. The van der Waals surface area contributed by atoms with Crippen molar-refractivity contribution in [1.29, 1.82) is 0 Å². The van der Waals surface area contributed by atoms with Gasteiger partial charge in [-0.15, -0.1) is 0 Å². The third-order valence-corrected chi connectivity index (χ3v) is 7.40. The molecule has 4 nitrogen and oxygen atoms in total. The second-order valence-electron chi connectivity index (χ2n) is 6.33. The molecule has 0 spiro atoms. The van der Waals surface area contributed by atoms with E-state index in [-0.39, 0.29) is 5.97 Å². The fraction of sp³-hybridized carbons (Fsp3) is 0.300. The monoisotopic (exact) mass is 398 g/mol. The van der Waals surface area contributed by atoms with E-state index in [1.807, 2.05) is 30.5 Å². The summed E-state index contributed by atoms with van der Waals surface area (Å²) in [6, 6.07) is 8.41. The zero-order valence-electron chi connectivity index (χ0n) is 15.3. The Morgan fingerprint density at radius 1 is 1.20 bits per heavy atom. The third-order valence-electron chi connectivity index (χ3n) is 4.72. The molecule has 0 amide bonds. The summed E-state index contributed by atoms with van der Waals surface area (Å²) in [5.41, 5.74) is 7.73. The number of fused-ring (bicyclic) bond motifs is 1. The molecule has 3 rings (SSSR count). The van der Waals surface area contributed by atoms with Crippen molar-refractivity contribution in [3.63, 3.8) is 0 Å². The molecule has 0 fully saturated rings. The number of carbonyl (C=O) groups excluding carboxylic acids is 1. The number of nitrogens with zero attached hydrogens (tertiary/aromatic N) is 2. The summed E-state index contributed by atoms with van der Waals surface area (Å²) in [6.45, 7) is 8.37. The van der Waals surface area contributed by atoms with Crippen LogP contribution in [0, 0.1) is 27.7 Å². The maximum absolute atomic E-state index is 12.1. The van der Waals surface area contributed by atoms with Crippen LogP contribution in [-0.4, -0.2) is 38.2 Å². The number of imidazole rings is 1. The molecule has 0 bridgehead atoms. The van der Waals surface area contributed by atoms with Gasteiger partial charge >= 0.3 is 155 Å². The number of carbonyl (C=O) groups is 1. The number of pyridine rings is 1. The van der Waals surface area contributed by atoms with Gasteiger partial charge in [0.05, 0.1) is 0 Å². The summed E-state index contributed by atoms with van der Waals surface area (Å²) >= 11 is -0.483. The molecule has 0 radical (unpaired) electrons. The number of esters is 1. The number of aryl methyl sites for hydroxylation is 4. The second-order valence-corrected chi connectivity index (χ2v) is 8.95. The first-order valence-electron chi connectivity index (χ1n) is 8.29. The number of hydrogen-bond donors (Lipinski definition) is 0. The molecule has 1 unspecified atom stereocenters. The molecule has 25 heavy (non-hydrogen) atoms. The number of methoxy groups -OCH3 is 1. The Kier molecular flexibility index (Phi) is 5.01. The predicted octanol–water partition coefficient (Wildman–Crippen LogP) is 2.62. The van der Waals surface area contributed by atoms with Gasteiger partial charge in [-0.2, -0.15) is 0 Å². The summed E-state index contributed by atoms with van der Waals surface area (Å²) in [4.78, 5) is 16.8. The number of rotatable bonds is 4. The van der Waals surface area contributed by atoms with Crippen molar-refractivity contribution in [1.82, 2.24) is 9.38 Å². The Hall–Kier alpha value is -2.06. The van der Waals surface area contributed by atoms with Crippen LogP contribution in [-0.2, 0) is 9.95 Å². The molecule has 0 saturated heterocycles. The molecule has 0 aliphatic heterocycles. The van der Waals surface area contributed by atoms with Crippen LogP contribution in [0.2, 0.25) is 0 Å². The minimum absolute atomic E-state index is 0.299. The van der Waals surface area contributed by atoms with Crippen LogP contribution in [0.3, 0.4) is 0 Å². The van der Waals surface area contributed by atoms with E-state index in [4.69, 9.17) is 9.72 Å². The average Bonchev–Trinajstić information content (AvgIpc) is 2.88. The van der Waals surface area contributed by atoms with Gasteiger partial charge in [0, 0.05) is 0 Å². The first-order chi connectivity index (χ1) is 11.9. The van der Waals surface area contributed by atoms with Crippen molar-refractivity contribution in [2.24, 2.45) is 0 Å². The fourth-order valence-corrected chi connectivity index (χ4v) is 6.22. The zero-order chi connectivity index (χ0) is 18.1. The van der Waals surface area contributed by atoms with Gasteiger partial charge in [-0.3, -0.25) is 0 Å². The molecule has 2 aromatic heterocycles. The van der Waals surface area contributed by atoms with Crippen molar-refractivity contribution in [3.8, 4) is 0 Å². The summed E-state index contributed by atoms with van der Waals surface area (Å²) < 4.78 is 8.16. The molecule has 5 heteroatoms. The standard InChI is InChI=1S/C20H23AsN2O2/c1-12-7-6-8-13(2)17(12)10-21-18-9-16(20(24)25-5)11-23-15(4)14(3)22-19(18)23/h6-9,11,21H,10H2,1-5H3. The Morgan fingerprint density at radius 3 is 2.52 bits per heavy atom. The number of benzene rings is 1. The number of ether oxygens (including phenoxy) is 1. The van der Waals surface area contributed by atoms with Gasteiger partial charge in [0.25, 0.3) is 0 Å². The van der Waals surface area contributed by atoms with Gasteiger partial charge in [-0.1, -0.05) is 0 Å². The fourth-order valence-electron chi connectivity index (χ4n) is 3.04. The van der Waals surface area contributed by atoms with Crippen molar-refractivity contribution in [3.05, 3.63) is 64.1 Å². The van der Waals surface area contributed by atoms with Gasteiger partial charge in [-0.25, -0.2) is 0 Å². The van der Waals surface area contributed by atoms with E-state index in [0.29, 0.717) is 5.56 Å². The average molecular weight is 398 g/mol. The molecule has 1 atom stereocenters. The van der Waals surface area contributed by atoms with Crippen molar-refractivity contribution >= 4 is 31.7 Å². The van der Waals surface area contributed by atoms with E-state index < -0.39 is 15.8 Å². The Bertz CT molecular complexity index is 940. The third kappa shape index (κ3) is 3.36. The van der Waals surface area contributed by atoms with Crippen molar-refractivity contribution < 1.29 is 9.53 Å². The van der Waals surface area contributed by atoms with Crippen LogP contribution < -0.4 is 4.35 Å². The van der Waals surface area contributed by atoms with E-state index in [0.717, 1.165) is 22.2 Å². The summed E-state index contributed by atoms with van der Waals surface area (Å²) in [5.74, 6) is -0.299. The van der Waals surface area contributed by atoms with Gasteiger partial charge < -0.3 is 0 Å². The minimum atomic E-state index is -0.483. The van der Waals surface area contributed by atoms with Gasteiger partial charge in [-0.05, 0) is 0 Å². The van der Waals surface area contributed by atoms with Gasteiger partial charge in [0.2, 0.25) is 0 Å². The molecule has 0 aliphatic carbocycles. The summed E-state index contributed by atoms with van der Waals surface area (Å²) in [7, 11) is 1.42. The summed E-state index contributed by atoms with van der Waals surface area (Å²) in [6.07, 6.45) is 1.84. The Morgan fingerprint density at radius 2 is 1.88 bits per heavy atom. The van der Waals surface area contributed by atoms with E-state index in [9.17, 15) is 4.79 Å². The maximum atomic E-state index is 12.1. The molecule has 2 heterocycles. The van der Waals surface area contributed by atoms with Crippen LogP contribution in [0.1, 0.15) is 38.4 Å². The van der Waals surface area contributed by atoms with Crippen molar-refractivity contribution in [2.75, 3.05) is 7.11 Å². The van der Waals surface area contributed by atoms with Crippen LogP contribution >= 0.6 is 0 Å². The molecule has 0 aliphatic rings. The van der Waals surface area contributed by atoms with Crippen LogP contribution in [0.25, 0.3) is 5.65 Å². The van der Waals surface area contributed by atoms with Crippen LogP contribution in [0.15, 0.2) is 30.5 Å². The van der Waals surface area contributed by atoms with Gasteiger partial charge in [0.1, 0.15) is 0 Å². The van der Waals surface area contributed by atoms with Gasteiger partial charge in [0.15, 0.2) is 0 Å². The molecule has 3 aromatic rings. The molecule has 0 N–H and O–H groups in total.